The normalized spacial score (nSPS) is 14.5. The number of aromatic nitrogens is 4. The molecule has 32 heavy (non-hydrogen) atoms. The van der Waals surface area contributed by atoms with Gasteiger partial charge < -0.3 is 20.3 Å². The Morgan fingerprint density at radius 3 is 2.78 bits per heavy atom. The summed E-state index contributed by atoms with van der Waals surface area (Å²) in [5.74, 6) is 0.0348. The summed E-state index contributed by atoms with van der Waals surface area (Å²) in [5.41, 5.74) is 1.97. The molecule has 1 saturated heterocycles. The van der Waals surface area contributed by atoms with E-state index in [0.29, 0.717) is 28.5 Å². The molecule has 0 unspecified atom stereocenters. The lowest BCUT2D eigenvalue weighted by atomic mass is 10.2. The van der Waals surface area contributed by atoms with E-state index >= 15 is 0 Å². The van der Waals surface area contributed by atoms with Crippen LogP contribution in [0.3, 0.4) is 0 Å². The zero-order valence-corrected chi connectivity index (χ0v) is 18.3. The molecule has 1 amide bonds. The van der Waals surface area contributed by atoms with Gasteiger partial charge in [0.1, 0.15) is 23.0 Å². The number of benzene rings is 1. The van der Waals surface area contributed by atoms with Gasteiger partial charge in [0.15, 0.2) is 0 Å². The SMILES string of the molecule is COc1cc(F)cc(Nc2nccc(-c3cc(C(=O)N[C@@H](C)CN4CCC4)n(C)n3)n2)c1. The summed E-state index contributed by atoms with van der Waals surface area (Å²) in [4.78, 5) is 23.7. The Morgan fingerprint density at radius 1 is 1.25 bits per heavy atom. The van der Waals surface area contributed by atoms with Crippen LogP contribution >= 0.6 is 0 Å². The molecular formula is C22H26FN7O2. The molecule has 1 atom stereocenters. The van der Waals surface area contributed by atoms with Crippen LogP contribution in [0.2, 0.25) is 0 Å². The van der Waals surface area contributed by atoms with E-state index in [0.717, 1.165) is 19.6 Å². The van der Waals surface area contributed by atoms with Gasteiger partial charge >= 0.3 is 0 Å². The first-order chi connectivity index (χ1) is 15.4. The van der Waals surface area contributed by atoms with Crippen molar-refractivity contribution >= 4 is 17.5 Å². The first-order valence-electron chi connectivity index (χ1n) is 10.4. The van der Waals surface area contributed by atoms with Crippen molar-refractivity contribution in [3.05, 3.63) is 48.0 Å². The third kappa shape index (κ3) is 5.02. The highest BCUT2D eigenvalue weighted by atomic mass is 19.1. The number of hydrogen-bond donors (Lipinski definition) is 2. The van der Waals surface area contributed by atoms with Gasteiger partial charge in [0, 0.05) is 43.7 Å². The van der Waals surface area contributed by atoms with E-state index in [4.69, 9.17) is 4.74 Å². The van der Waals surface area contributed by atoms with Crippen LogP contribution in [0.1, 0.15) is 23.8 Å². The van der Waals surface area contributed by atoms with Gasteiger partial charge in [-0.25, -0.2) is 14.4 Å². The fraction of sp³-hybridized carbons (Fsp3) is 0.364. The Balaban J connectivity index is 1.48. The molecule has 9 nitrogen and oxygen atoms in total. The van der Waals surface area contributed by atoms with Crippen LogP contribution < -0.4 is 15.4 Å². The number of amides is 1. The topological polar surface area (TPSA) is 97.2 Å². The van der Waals surface area contributed by atoms with Crippen molar-refractivity contribution in [2.45, 2.75) is 19.4 Å². The van der Waals surface area contributed by atoms with E-state index in [2.05, 4.69) is 30.6 Å². The number of carbonyl (C=O) groups is 1. The quantitative estimate of drug-likeness (QED) is 0.557. The molecule has 2 aromatic heterocycles. The van der Waals surface area contributed by atoms with E-state index in [9.17, 15) is 9.18 Å². The third-order valence-electron chi connectivity index (χ3n) is 5.25. The molecule has 1 aromatic carbocycles. The predicted octanol–water partition coefficient (Wildman–Crippen LogP) is 2.59. The minimum absolute atomic E-state index is 0.0410. The number of hydrogen-bond acceptors (Lipinski definition) is 7. The maximum atomic E-state index is 13.8. The number of nitrogens with one attached hydrogen (secondary N) is 2. The average Bonchev–Trinajstić information content (AvgIpc) is 3.12. The predicted molar refractivity (Wildman–Crippen MR) is 118 cm³/mol. The molecule has 3 heterocycles. The molecule has 0 radical (unpaired) electrons. The molecular weight excluding hydrogens is 413 g/mol. The van der Waals surface area contributed by atoms with E-state index < -0.39 is 5.82 Å². The minimum Gasteiger partial charge on any atom is -0.497 e. The van der Waals surface area contributed by atoms with Crippen LogP contribution in [0.4, 0.5) is 16.0 Å². The van der Waals surface area contributed by atoms with Crippen LogP contribution in [0.15, 0.2) is 36.5 Å². The largest absolute Gasteiger partial charge is 0.497 e. The molecule has 10 heteroatoms. The number of likely N-dealkylation sites (tertiary alicyclic amines) is 1. The first kappa shape index (κ1) is 21.7. The third-order valence-corrected chi connectivity index (χ3v) is 5.25. The lowest BCUT2D eigenvalue weighted by molar-refractivity contribution is 0.0905. The zero-order valence-electron chi connectivity index (χ0n) is 18.3. The van der Waals surface area contributed by atoms with Crippen molar-refractivity contribution in [1.82, 2.24) is 30.0 Å². The van der Waals surface area contributed by atoms with E-state index in [1.807, 2.05) is 6.92 Å². The van der Waals surface area contributed by atoms with Gasteiger partial charge in [0.2, 0.25) is 5.95 Å². The second-order valence-electron chi connectivity index (χ2n) is 7.84. The number of halogens is 1. The van der Waals surface area contributed by atoms with Crippen molar-refractivity contribution in [3.8, 4) is 17.1 Å². The fourth-order valence-electron chi connectivity index (χ4n) is 3.54. The van der Waals surface area contributed by atoms with Crippen LogP contribution in [0, 0.1) is 5.82 Å². The molecule has 1 fully saturated rings. The average molecular weight is 439 g/mol. The van der Waals surface area contributed by atoms with Gasteiger partial charge in [-0.2, -0.15) is 5.10 Å². The molecule has 0 bridgehead atoms. The second kappa shape index (κ2) is 9.31. The van der Waals surface area contributed by atoms with Crippen molar-refractivity contribution < 1.29 is 13.9 Å². The number of methoxy groups -OCH3 is 1. The zero-order chi connectivity index (χ0) is 22.7. The highest BCUT2D eigenvalue weighted by Crippen LogP contribution is 2.23. The van der Waals surface area contributed by atoms with Crippen LogP contribution in [-0.4, -0.2) is 63.3 Å². The summed E-state index contributed by atoms with van der Waals surface area (Å²) in [6, 6.07) is 7.69. The number of nitrogens with zero attached hydrogens (tertiary/aromatic N) is 5. The van der Waals surface area contributed by atoms with Gasteiger partial charge in [-0.05, 0) is 44.6 Å². The summed E-state index contributed by atoms with van der Waals surface area (Å²) in [6.45, 7) is 5.00. The Hall–Kier alpha value is -3.53. The summed E-state index contributed by atoms with van der Waals surface area (Å²) in [5, 5.41) is 10.4. The Kier molecular flexibility index (Phi) is 6.31. The maximum Gasteiger partial charge on any atom is 0.269 e. The number of rotatable bonds is 8. The van der Waals surface area contributed by atoms with Crippen LogP contribution in [-0.2, 0) is 7.05 Å². The lowest BCUT2D eigenvalue weighted by Gasteiger charge is -2.33. The molecule has 3 aromatic rings. The molecule has 168 valence electrons. The first-order valence-corrected chi connectivity index (χ1v) is 10.4. The van der Waals surface area contributed by atoms with E-state index in [1.54, 1.807) is 31.4 Å². The molecule has 0 saturated carbocycles. The van der Waals surface area contributed by atoms with Crippen LogP contribution in [0.25, 0.3) is 11.4 Å². The molecule has 1 aliphatic heterocycles. The van der Waals surface area contributed by atoms with Gasteiger partial charge in [-0.3, -0.25) is 9.48 Å². The van der Waals surface area contributed by atoms with Crippen molar-refractivity contribution in [1.29, 1.82) is 0 Å². The molecule has 0 spiro atoms. The smallest absolute Gasteiger partial charge is 0.269 e. The fourth-order valence-corrected chi connectivity index (χ4v) is 3.54. The van der Waals surface area contributed by atoms with Crippen LogP contribution in [0.5, 0.6) is 5.75 Å². The standard InChI is InChI=1S/C22H26FN7O2/c1-14(13-30-7-4-8-30)25-21(31)20-12-19(28-29(20)2)18-5-6-24-22(27-18)26-16-9-15(23)10-17(11-16)32-3/h5-6,9-12,14H,4,7-8,13H2,1-3H3,(H,25,31)(H,24,26,27)/t14-/m0/s1. The van der Waals surface area contributed by atoms with Gasteiger partial charge in [-0.1, -0.05) is 0 Å². The van der Waals surface area contributed by atoms with Gasteiger partial charge in [-0.15, -0.1) is 0 Å². The Labute approximate surface area is 185 Å². The van der Waals surface area contributed by atoms with Crippen molar-refractivity contribution in [2.75, 3.05) is 32.1 Å². The van der Waals surface area contributed by atoms with Gasteiger partial charge in [0.05, 0.1) is 12.8 Å². The number of aryl methyl sites for hydroxylation is 1. The molecule has 1 aliphatic rings. The summed E-state index contributed by atoms with van der Waals surface area (Å²) in [6.07, 6.45) is 2.79. The van der Waals surface area contributed by atoms with Crippen molar-refractivity contribution in [2.24, 2.45) is 7.05 Å². The highest BCUT2D eigenvalue weighted by Gasteiger charge is 2.20. The summed E-state index contributed by atoms with van der Waals surface area (Å²) >= 11 is 0. The monoisotopic (exact) mass is 439 g/mol. The van der Waals surface area contributed by atoms with Gasteiger partial charge in [0.25, 0.3) is 5.91 Å². The highest BCUT2D eigenvalue weighted by molar-refractivity contribution is 5.93. The summed E-state index contributed by atoms with van der Waals surface area (Å²) in [7, 11) is 3.19. The lowest BCUT2D eigenvalue weighted by Crippen LogP contribution is -2.47. The molecule has 0 aliphatic carbocycles. The maximum absolute atomic E-state index is 13.8. The summed E-state index contributed by atoms with van der Waals surface area (Å²) < 4.78 is 20.4. The van der Waals surface area contributed by atoms with E-state index in [1.165, 1.54) is 30.3 Å². The minimum atomic E-state index is -0.438. The van der Waals surface area contributed by atoms with Crippen molar-refractivity contribution in [3.63, 3.8) is 0 Å². The van der Waals surface area contributed by atoms with E-state index in [-0.39, 0.29) is 17.9 Å². The molecule has 2 N–H and O–H groups in total. The number of anilines is 2. The Morgan fingerprint density at radius 2 is 2.06 bits per heavy atom. The second-order valence-corrected chi connectivity index (χ2v) is 7.84. The number of ether oxygens (including phenoxy) is 1. The number of carbonyl (C=O) groups excluding carboxylic acids is 1. The molecule has 4 rings (SSSR count). The Bertz CT molecular complexity index is 1110.